The number of rotatable bonds is 6. The summed E-state index contributed by atoms with van der Waals surface area (Å²) in [5, 5.41) is 13.0. The average Bonchev–Trinajstić information content (AvgIpc) is 2.37. The molecule has 0 aliphatic heterocycles. The van der Waals surface area contributed by atoms with E-state index in [0.29, 0.717) is 12.5 Å². The van der Waals surface area contributed by atoms with E-state index in [0.717, 1.165) is 16.8 Å². The Balaban J connectivity index is 2.89. The summed E-state index contributed by atoms with van der Waals surface area (Å²) in [7, 11) is 1.85. The third kappa shape index (κ3) is 5.11. The molecule has 124 valence electrons. The van der Waals surface area contributed by atoms with Gasteiger partial charge in [0, 0.05) is 12.2 Å². The van der Waals surface area contributed by atoms with Crippen LogP contribution in [-0.2, 0) is 4.79 Å². The number of nitrogens with zero attached hydrogens (tertiary/aromatic N) is 1. The van der Waals surface area contributed by atoms with Gasteiger partial charge in [-0.3, -0.25) is 9.69 Å². The number of benzene rings is 1. The zero-order valence-electron chi connectivity index (χ0n) is 14.9. The maximum atomic E-state index is 12.5. The first-order valence-electron chi connectivity index (χ1n) is 7.86. The van der Waals surface area contributed by atoms with Crippen LogP contribution < -0.4 is 5.32 Å². The molecule has 1 amide bonds. The van der Waals surface area contributed by atoms with Gasteiger partial charge in [0.05, 0.1) is 11.6 Å². The van der Waals surface area contributed by atoms with E-state index in [4.69, 9.17) is 0 Å². The second-order valence-corrected chi connectivity index (χ2v) is 7.09. The van der Waals surface area contributed by atoms with Crippen LogP contribution in [0.25, 0.3) is 0 Å². The highest BCUT2D eigenvalue weighted by atomic mass is 16.3. The molecule has 0 saturated heterocycles. The molecule has 1 aromatic rings. The molecule has 1 rings (SSSR count). The second kappa shape index (κ2) is 7.25. The minimum atomic E-state index is -0.824. The molecule has 0 heterocycles. The highest BCUT2D eigenvalue weighted by molar-refractivity contribution is 5.96. The van der Waals surface area contributed by atoms with Gasteiger partial charge in [0.15, 0.2) is 0 Å². The van der Waals surface area contributed by atoms with Crippen molar-refractivity contribution in [2.45, 2.75) is 59.1 Å². The highest BCUT2D eigenvalue weighted by Gasteiger charge is 2.24. The van der Waals surface area contributed by atoms with E-state index in [1.165, 1.54) is 0 Å². The molecule has 22 heavy (non-hydrogen) atoms. The fourth-order valence-electron chi connectivity index (χ4n) is 2.52. The molecule has 2 N–H and O–H groups in total. The van der Waals surface area contributed by atoms with Gasteiger partial charge in [-0.2, -0.15) is 0 Å². The van der Waals surface area contributed by atoms with Crippen LogP contribution in [0.4, 0.5) is 5.69 Å². The molecule has 1 atom stereocenters. The molecule has 1 unspecified atom stereocenters. The summed E-state index contributed by atoms with van der Waals surface area (Å²) in [6, 6.07) is 5.76. The molecule has 0 aliphatic rings. The Morgan fingerprint density at radius 3 is 2.41 bits per heavy atom. The van der Waals surface area contributed by atoms with Crippen molar-refractivity contribution in [3.05, 3.63) is 29.3 Å². The van der Waals surface area contributed by atoms with Crippen molar-refractivity contribution < 1.29 is 9.90 Å². The fourth-order valence-corrected chi connectivity index (χ4v) is 2.52. The lowest BCUT2D eigenvalue weighted by atomic mass is 9.98. The van der Waals surface area contributed by atoms with E-state index in [1.807, 2.05) is 37.9 Å². The van der Waals surface area contributed by atoms with Crippen LogP contribution in [0, 0.1) is 6.92 Å². The zero-order valence-corrected chi connectivity index (χ0v) is 14.9. The van der Waals surface area contributed by atoms with Crippen molar-refractivity contribution in [2.75, 3.05) is 18.9 Å². The number of carbonyl (C=O) groups is 1. The van der Waals surface area contributed by atoms with Gasteiger partial charge >= 0.3 is 0 Å². The second-order valence-electron chi connectivity index (χ2n) is 7.09. The summed E-state index contributed by atoms with van der Waals surface area (Å²) in [4.78, 5) is 14.4. The number of hydrogen-bond donors (Lipinski definition) is 2. The molecule has 1 aromatic carbocycles. The van der Waals surface area contributed by atoms with Gasteiger partial charge in [0.1, 0.15) is 0 Å². The van der Waals surface area contributed by atoms with Gasteiger partial charge < -0.3 is 10.4 Å². The minimum Gasteiger partial charge on any atom is -0.389 e. The summed E-state index contributed by atoms with van der Waals surface area (Å²) in [5.74, 6) is 0.294. The van der Waals surface area contributed by atoms with Crippen molar-refractivity contribution >= 4 is 11.6 Å². The van der Waals surface area contributed by atoms with Crippen LogP contribution in [-0.4, -0.2) is 41.1 Å². The van der Waals surface area contributed by atoms with Crippen LogP contribution in [0.15, 0.2) is 18.2 Å². The summed E-state index contributed by atoms with van der Waals surface area (Å²) in [6.07, 6.45) is 0. The van der Waals surface area contributed by atoms with Gasteiger partial charge in [-0.1, -0.05) is 32.0 Å². The minimum absolute atomic E-state index is 0.0528. The molecule has 0 radical (unpaired) electrons. The van der Waals surface area contributed by atoms with Gasteiger partial charge in [-0.05, 0) is 51.8 Å². The topological polar surface area (TPSA) is 52.6 Å². The molecule has 0 fully saturated rings. The number of para-hydroxylation sites is 1. The Morgan fingerprint density at radius 1 is 1.32 bits per heavy atom. The van der Waals surface area contributed by atoms with Crippen molar-refractivity contribution in [1.29, 1.82) is 0 Å². The third-order valence-electron chi connectivity index (χ3n) is 3.85. The molecule has 4 heteroatoms. The predicted octanol–water partition coefficient (Wildman–Crippen LogP) is 3.15. The van der Waals surface area contributed by atoms with Crippen LogP contribution in [0.3, 0.4) is 0 Å². The average molecular weight is 306 g/mol. The third-order valence-corrected chi connectivity index (χ3v) is 3.85. The first-order valence-corrected chi connectivity index (χ1v) is 7.86. The van der Waals surface area contributed by atoms with Gasteiger partial charge in [0.25, 0.3) is 0 Å². The number of anilines is 1. The van der Waals surface area contributed by atoms with Crippen molar-refractivity contribution in [1.82, 2.24) is 4.90 Å². The number of likely N-dealkylation sites (N-methyl/N-ethyl adjacent to an activating group) is 1. The number of carbonyl (C=O) groups excluding carboxylic acids is 1. The Bertz CT molecular complexity index is 518. The lowest BCUT2D eigenvalue weighted by Gasteiger charge is -2.30. The van der Waals surface area contributed by atoms with E-state index in [1.54, 1.807) is 13.8 Å². The maximum Gasteiger partial charge on any atom is 0.241 e. The molecule has 4 nitrogen and oxygen atoms in total. The highest BCUT2D eigenvalue weighted by Crippen LogP contribution is 2.27. The Labute approximate surface area is 134 Å². The first-order chi connectivity index (χ1) is 10.0. The molecule has 0 saturated carbocycles. The Hall–Kier alpha value is -1.39. The molecule has 0 bridgehead atoms. The quantitative estimate of drug-likeness (QED) is 0.849. The van der Waals surface area contributed by atoms with Gasteiger partial charge in [0.2, 0.25) is 5.91 Å². The molecule has 0 aromatic heterocycles. The van der Waals surface area contributed by atoms with Crippen LogP contribution in [0.2, 0.25) is 0 Å². The summed E-state index contributed by atoms with van der Waals surface area (Å²) < 4.78 is 0. The number of hydrogen-bond acceptors (Lipinski definition) is 3. The van der Waals surface area contributed by atoms with Crippen LogP contribution in [0.5, 0.6) is 0 Å². The molecule has 0 spiro atoms. The monoisotopic (exact) mass is 306 g/mol. The van der Waals surface area contributed by atoms with Crippen LogP contribution >= 0.6 is 0 Å². The smallest absolute Gasteiger partial charge is 0.241 e. The Morgan fingerprint density at radius 2 is 1.91 bits per heavy atom. The summed E-state index contributed by atoms with van der Waals surface area (Å²) in [5.41, 5.74) is 2.29. The standard InChI is InChI=1S/C18H30N2O2/c1-12(2)15-10-8-9-13(3)16(15)19-17(21)14(4)20(7)11-18(5,6)22/h8-10,12,14,22H,11H2,1-7H3,(H,19,21). The van der Waals surface area contributed by atoms with Crippen LogP contribution in [0.1, 0.15) is 51.7 Å². The molecular formula is C18H30N2O2. The van der Waals surface area contributed by atoms with Crippen molar-refractivity contribution in [3.8, 4) is 0 Å². The zero-order chi connectivity index (χ0) is 17.1. The van der Waals surface area contributed by atoms with Crippen molar-refractivity contribution in [3.63, 3.8) is 0 Å². The fraction of sp³-hybridized carbons (Fsp3) is 0.611. The van der Waals surface area contributed by atoms with E-state index in [9.17, 15) is 9.90 Å². The maximum absolute atomic E-state index is 12.5. The molecule has 0 aliphatic carbocycles. The van der Waals surface area contributed by atoms with E-state index in [-0.39, 0.29) is 11.9 Å². The Kier molecular flexibility index (Phi) is 6.15. The van der Waals surface area contributed by atoms with Crippen molar-refractivity contribution in [2.24, 2.45) is 0 Å². The van der Waals surface area contributed by atoms with E-state index >= 15 is 0 Å². The largest absolute Gasteiger partial charge is 0.389 e. The van der Waals surface area contributed by atoms with Gasteiger partial charge in [-0.15, -0.1) is 0 Å². The van der Waals surface area contributed by atoms with E-state index in [2.05, 4.69) is 25.2 Å². The summed E-state index contributed by atoms with van der Waals surface area (Å²) in [6.45, 7) is 12.0. The molecular weight excluding hydrogens is 276 g/mol. The summed E-state index contributed by atoms with van der Waals surface area (Å²) >= 11 is 0. The normalized spacial score (nSPS) is 13.5. The number of aliphatic hydroxyl groups is 1. The number of amides is 1. The lowest BCUT2D eigenvalue weighted by Crippen LogP contribution is -2.46. The SMILES string of the molecule is Cc1cccc(C(C)C)c1NC(=O)C(C)N(C)CC(C)(C)O. The van der Waals surface area contributed by atoms with E-state index < -0.39 is 5.60 Å². The number of aryl methyl sites for hydroxylation is 1. The van der Waals surface area contributed by atoms with Gasteiger partial charge in [-0.25, -0.2) is 0 Å². The lowest BCUT2D eigenvalue weighted by molar-refractivity contribution is -0.121. The predicted molar refractivity (Wildman–Crippen MR) is 92.3 cm³/mol. The first kappa shape index (κ1) is 18.7. The number of nitrogens with one attached hydrogen (secondary N) is 1.